The van der Waals surface area contributed by atoms with E-state index < -0.39 is 5.91 Å². The lowest BCUT2D eigenvalue weighted by Gasteiger charge is -2.08. The fourth-order valence-corrected chi connectivity index (χ4v) is 2.64. The third-order valence-electron chi connectivity index (χ3n) is 3.94. The fraction of sp³-hybridized carbons (Fsp3) is 0.158. The number of aromatic nitrogens is 1. The van der Waals surface area contributed by atoms with Crippen LogP contribution in [0, 0.1) is 0 Å². The zero-order chi connectivity index (χ0) is 18.4. The Balaban J connectivity index is 1.43. The van der Waals surface area contributed by atoms with Gasteiger partial charge >= 0.3 is 0 Å². The van der Waals surface area contributed by atoms with Gasteiger partial charge in [0.2, 0.25) is 5.91 Å². The molecule has 3 aromatic rings. The van der Waals surface area contributed by atoms with E-state index in [1.54, 1.807) is 17.6 Å². The summed E-state index contributed by atoms with van der Waals surface area (Å²) >= 11 is 0. The minimum atomic E-state index is -0.582. The predicted octanol–water partition coefficient (Wildman–Crippen LogP) is 2.02. The van der Waals surface area contributed by atoms with Crippen molar-refractivity contribution in [3.63, 3.8) is 0 Å². The SMILES string of the molecule is O=C(Cc1c[nH]c2ccccc12)NCCOc1ccc(C(=O)NO)cc1. The maximum Gasteiger partial charge on any atom is 0.274 e. The smallest absolute Gasteiger partial charge is 0.274 e. The third kappa shape index (κ3) is 4.20. The Kier molecular flexibility index (Phi) is 5.50. The van der Waals surface area contributed by atoms with E-state index in [-0.39, 0.29) is 5.91 Å². The highest BCUT2D eigenvalue weighted by molar-refractivity contribution is 5.93. The summed E-state index contributed by atoms with van der Waals surface area (Å²) in [5.41, 5.74) is 3.86. The summed E-state index contributed by atoms with van der Waals surface area (Å²) in [6.45, 7) is 0.686. The largest absolute Gasteiger partial charge is 0.492 e. The minimum absolute atomic E-state index is 0.0756. The van der Waals surface area contributed by atoms with Crippen LogP contribution < -0.4 is 15.5 Å². The van der Waals surface area contributed by atoms with Gasteiger partial charge in [-0.3, -0.25) is 14.8 Å². The number of benzene rings is 2. The number of ether oxygens (including phenoxy) is 1. The molecule has 0 aliphatic rings. The van der Waals surface area contributed by atoms with Gasteiger partial charge in [-0.2, -0.15) is 0 Å². The Labute approximate surface area is 149 Å². The number of amides is 2. The lowest BCUT2D eigenvalue weighted by Crippen LogP contribution is -2.29. The van der Waals surface area contributed by atoms with Crippen molar-refractivity contribution in [2.45, 2.75) is 6.42 Å². The maximum absolute atomic E-state index is 12.1. The molecule has 26 heavy (non-hydrogen) atoms. The number of hydrogen-bond acceptors (Lipinski definition) is 4. The van der Waals surface area contributed by atoms with E-state index in [9.17, 15) is 9.59 Å². The van der Waals surface area contributed by atoms with Crippen molar-refractivity contribution in [3.05, 3.63) is 65.9 Å². The molecule has 1 heterocycles. The lowest BCUT2D eigenvalue weighted by atomic mass is 10.1. The predicted molar refractivity (Wildman–Crippen MR) is 96.2 cm³/mol. The number of hydrogen-bond donors (Lipinski definition) is 4. The molecule has 0 saturated carbocycles. The number of rotatable bonds is 7. The summed E-state index contributed by atoms with van der Waals surface area (Å²) in [6.07, 6.45) is 2.15. The molecule has 0 unspecified atom stereocenters. The molecule has 2 amide bonds. The Morgan fingerprint density at radius 1 is 1.08 bits per heavy atom. The molecular weight excluding hydrogens is 334 g/mol. The Morgan fingerprint density at radius 2 is 1.85 bits per heavy atom. The average Bonchev–Trinajstić information content (AvgIpc) is 3.08. The minimum Gasteiger partial charge on any atom is -0.492 e. The van der Waals surface area contributed by atoms with Crippen molar-refractivity contribution < 1.29 is 19.5 Å². The number of nitrogens with one attached hydrogen (secondary N) is 3. The Morgan fingerprint density at radius 3 is 2.62 bits per heavy atom. The molecular formula is C19H19N3O4. The molecule has 3 rings (SSSR count). The van der Waals surface area contributed by atoms with Crippen LogP contribution >= 0.6 is 0 Å². The van der Waals surface area contributed by atoms with Crippen LogP contribution in [0.2, 0.25) is 0 Å². The van der Waals surface area contributed by atoms with E-state index in [0.717, 1.165) is 16.5 Å². The van der Waals surface area contributed by atoms with Crippen molar-refractivity contribution in [3.8, 4) is 5.75 Å². The van der Waals surface area contributed by atoms with Crippen LogP contribution in [0.1, 0.15) is 15.9 Å². The number of H-pyrrole nitrogens is 1. The molecule has 4 N–H and O–H groups in total. The van der Waals surface area contributed by atoms with Crippen molar-refractivity contribution >= 4 is 22.7 Å². The zero-order valence-electron chi connectivity index (χ0n) is 14.0. The van der Waals surface area contributed by atoms with Crippen LogP contribution in [0.5, 0.6) is 5.75 Å². The van der Waals surface area contributed by atoms with Crippen molar-refractivity contribution in [2.75, 3.05) is 13.2 Å². The van der Waals surface area contributed by atoms with Crippen LogP contribution in [0.4, 0.5) is 0 Å². The van der Waals surface area contributed by atoms with Gasteiger partial charge < -0.3 is 15.0 Å². The Bertz CT molecular complexity index is 903. The Hall–Kier alpha value is -3.32. The van der Waals surface area contributed by atoms with Gasteiger partial charge in [0.05, 0.1) is 13.0 Å². The summed E-state index contributed by atoms with van der Waals surface area (Å²) in [5.74, 6) is -0.0835. The summed E-state index contributed by atoms with van der Waals surface area (Å²) < 4.78 is 5.52. The summed E-state index contributed by atoms with van der Waals surface area (Å²) in [4.78, 5) is 26.4. The van der Waals surface area contributed by atoms with Gasteiger partial charge in [-0.25, -0.2) is 5.48 Å². The van der Waals surface area contributed by atoms with Gasteiger partial charge in [0.1, 0.15) is 12.4 Å². The van der Waals surface area contributed by atoms with Gasteiger partial charge in [-0.05, 0) is 35.9 Å². The van der Waals surface area contributed by atoms with Gasteiger partial charge in [0.25, 0.3) is 5.91 Å². The second kappa shape index (κ2) is 8.17. The normalized spacial score (nSPS) is 10.5. The number of carbonyl (C=O) groups excluding carboxylic acids is 2. The zero-order valence-corrected chi connectivity index (χ0v) is 14.0. The van der Waals surface area contributed by atoms with E-state index in [0.29, 0.717) is 30.9 Å². The maximum atomic E-state index is 12.1. The molecule has 0 aliphatic heterocycles. The first kappa shape index (κ1) is 17.5. The van der Waals surface area contributed by atoms with Crippen LogP contribution in [0.15, 0.2) is 54.7 Å². The van der Waals surface area contributed by atoms with E-state index in [1.807, 2.05) is 30.5 Å². The quantitative estimate of drug-likeness (QED) is 0.296. The molecule has 1 aromatic heterocycles. The standard InChI is InChI=1S/C19H19N3O4/c23-18(11-14-12-21-17-4-2-1-3-16(14)17)20-9-10-26-15-7-5-13(6-8-15)19(24)22-25/h1-8,12,21,25H,9-11H2,(H,20,23)(H,22,24). The average molecular weight is 353 g/mol. The topological polar surface area (TPSA) is 103 Å². The van der Waals surface area contributed by atoms with Crippen LogP contribution in [0.3, 0.4) is 0 Å². The summed E-state index contributed by atoms with van der Waals surface area (Å²) in [5, 5.41) is 12.4. The molecule has 134 valence electrons. The third-order valence-corrected chi connectivity index (χ3v) is 3.94. The molecule has 7 nitrogen and oxygen atoms in total. The van der Waals surface area contributed by atoms with Crippen LogP contribution in [-0.2, 0) is 11.2 Å². The molecule has 0 fully saturated rings. The lowest BCUT2D eigenvalue weighted by molar-refractivity contribution is -0.120. The molecule has 0 radical (unpaired) electrons. The van der Waals surface area contributed by atoms with Gasteiger partial charge in [0.15, 0.2) is 0 Å². The van der Waals surface area contributed by atoms with E-state index >= 15 is 0 Å². The number of fused-ring (bicyclic) bond motifs is 1. The summed E-state index contributed by atoms with van der Waals surface area (Å²) in [6, 6.07) is 14.2. The molecule has 0 saturated heterocycles. The highest BCUT2D eigenvalue weighted by Gasteiger charge is 2.08. The molecule has 0 bridgehead atoms. The number of carbonyl (C=O) groups is 2. The number of hydroxylamine groups is 1. The molecule has 0 atom stereocenters. The van der Waals surface area contributed by atoms with Crippen LogP contribution in [-0.4, -0.2) is 35.2 Å². The van der Waals surface area contributed by atoms with Crippen molar-refractivity contribution in [2.24, 2.45) is 0 Å². The van der Waals surface area contributed by atoms with E-state index in [4.69, 9.17) is 9.94 Å². The second-order valence-corrected chi connectivity index (χ2v) is 5.70. The number of aromatic amines is 1. The first-order valence-corrected chi connectivity index (χ1v) is 8.16. The van der Waals surface area contributed by atoms with Gasteiger partial charge in [-0.1, -0.05) is 18.2 Å². The molecule has 7 heteroatoms. The van der Waals surface area contributed by atoms with Crippen molar-refractivity contribution in [1.82, 2.24) is 15.8 Å². The number of para-hydroxylation sites is 1. The van der Waals surface area contributed by atoms with Gasteiger partial charge in [-0.15, -0.1) is 0 Å². The highest BCUT2D eigenvalue weighted by Crippen LogP contribution is 2.18. The van der Waals surface area contributed by atoms with Gasteiger partial charge in [0, 0.05) is 22.7 Å². The molecule has 0 spiro atoms. The monoisotopic (exact) mass is 353 g/mol. The first-order valence-electron chi connectivity index (χ1n) is 8.16. The second-order valence-electron chi connectivity index (χ2n) is 5.70. The van der Waals surface area contributed by atoms with E-state index in [1.165, 1.54) is 12.1 Å². The molecule has 2 aromatic carbocycles. The fourth-order valence-electron chi connectivity index (χ4n) is 2.64. The highest BCUT2D eigenvalue weighted by atomic mass is 16.5. The van der Waals surface area contributed by atoms with E-state index in [2.05, 4.69) is 10.3 Å². The van der Waals surface area contributed by atoms with Crippen LogP contribution in [0.25, 0.3) is 10.9 Å². The summed E-state index contributed by atoms with van der Waals surface area (Å²) in [7, 11) is 0. The van der Waals surface area contributed by atoms with Crippen molar-refractivity contribution in [1.29, 1.82) is 0 Å². The molecule has 0 aliphatic carbocycles. The first-order chi connectivity index (χ1) is 12.7.